The van der Waals surface area contributed by atoms with E-state index in [0.29, 0.717) is 0 Å². The smallest absolute Gasteiger partial charge is 0.359 e. The SMILES string of the molecule is CN(C(=O)C(=O)Nc1c[nH]c2cc(F)c(F)cc12)c1ccc(C(F)(F)F)cc1. The van der Waals surface area contributed by atoms with E-state index in [1.54, 1.807) is 0 Å². The van der Waals surface area contributed by atoms with Gasteiger partial charge in [0.1, 0.15) is 0 Å². The van der Waals surface area contributed by atoms with Crippen LogP contribution in [0.2, 0.25) is 0 Å². The van der Waals surface area contributed by atoms with Crippen LogP contribution < -0.4 is 10.2 Å². The number of halogens is 5. The number of likely N-dealkylation sites (N-methyl/N-ethyl adjacent to an activating group) is 1. The van der Waals surface area contributed by atoms with Gasteiger partial charge in [-0.1, -0.05) is 0 Å². The van der Waals surface area contributed by atoms with Gasteiger partial charge in [0.05, 0.1) is 16.8 Å². The first-order valence-electron chi connectivity index (χ1n) is 7.80. The lowest BCUT2D eigenvalue weighted by Crippen LogP contribution is -2.37. The Bertz CT molecular complexity index is 1060. The standard InChI is InChI=1S/C18H12F5N3O2/c1-26(10-4-2-9(3-5-10)18(21,22)23)17(28)16(27)25-15-8-24-14-7-13(20)12(19)6-11(14)15/h2-8,24H,1H3,(H,25,27). The minimum Gasteiger partial charge on any atom is -0.359 e. The van der Waals surface area contributed by atoms with Gasteiger partial charge in [0.2, 0.25) is 0 Å². The van der Waals surface area contributed by atoms with Crippen molar-refractivity contribution in [2.75, 3.05) is 17.3 Å². The molecule has 0 saturated carbocycles. The van der Waals surface area contributed by atoms with Crippen molar-refractivity contribution < 1.29 is 31.5 Å². The molecule has 0 fully saturated rings. The predicted octanol–water partition coefficient (Wildman–Crippen LogP) is 4.07. The van der Waals surface area contributed by atoms with Crippen LogP contribution in [-0.2, 0) is 15.8 Å². The third-order valence-corrected chi connectivity index (χ3v) is 4.05. The van der Waals surface area contributed by atoms with E-state index in [-0.39, 0.29) is 22.3 Å². The second-order valence-electron chi connectivity index (χ2n) is 5.88. The van der Waals surface area contributed by atoms with Gasteiger partial charge in [0.25, 0.3) is 0 Å². The van der Waals surface area contributed by atoms with Gasteiger partial charge in [0.15, 0.2) is 11.6 Å². The number of alkyl halides is 3. The molecule has 0 aliphatic rings. The highest BCUT2D eigenvalue weighted by atomic mass is 19.4. The van der Waals surface area contributed by atoms with Crippen LogP contribution >= 0.6 is 0 Å². The number of hydrogen-bond donors (Lipinski definition) is 2. The van der Waals surface area contributed by atoms with Gasteiger partial charge in [-0.25, -0.2) is 8.78 Å². The van der Waals surface area contributed by atoms with Crippen molar-refractivity contribution in [2.24, 2.45) is 0 Å². The van der Waals surface area contributed by atoms with Crippen molar-refractivity contribution in [3.05, 3.63) is 59.8 Å². The number of aromatic nitrogens is 1. The Hall–Kier alpha value is -3.43. The number of nitrogens with zero attached hydrogens (tertiary/aromatic N) is 1. The topological polar surface area (TPSA) is 65.2 Å². The lowest BCUT2D eigenvalue weighted by Gasteiger charge is -2.17. The van der Waals surface area contributed by atoms with Gasteiger partial charge >= 0.3 is 18.0 Å². The zero-order valence-corrected chi connectivity index (χ0v) is 14.2. The minimum absolute atomic E-state index is 0.0491. The molecule has 3 rings (SSSR count). The molecule has 0 aliphatic heterocycles. The van der Waals surface area contributed by atoms with Crippen molar-refractivity contribution in [1.82, 2.24) is 4.98 Å². The van der Waals surface area contributed by atoms with Crippen molar-refractivity contribution in [3.63, 3.8) is 0 Å². The maximum absolute atomic E-state index is 13.4. The Morgan fingerprint density at radius 2 is 1.64 bits per heavy atom. The fourth-order valence-corrected chi connectivity index (χ4v) is 2.54. The Balaban J connectivity index is 1.77. The summed E-state index contributed by atoms with van der Waals surface area (Å²) in [6.07, 6.45) is -3.27. The molecule has 0 unspecified atom stereocenters. The fraction of sp³-hybridized carbons (Fsp3) is 0.111. The molecule has 0 spiro atoms. The predicted molar refractivity (Wildman–Crippen MR) is 91.7 cm³/mol. The summed E-state index contributed by atoms with van der Waals surface area (Å²) in [6, 6.07) is 5.44. The fourth-order valence-electron chi connectivity index (χ4n) is 2.54. The molecule has 146 valence electrons. The first-order chi connectivity index (χ1) is 13.1. The molecule has 0 saturated heterocycles. The van der Waals surface area contributed by atoms with Gasteiger partial charge < -0.3 is 15.2 Å². The molecule has 0 bridgehead atoms. The van der Waals surface area contributed by atoms with Crippen LogP contribution in [-0.4, -0.2) is 23.8 Å². The van der Waals surface area contributed by atoms with E-state index in [1.165, 1.54) is 13.2 Å². The number of nitrogens with one attached hydrogen (secondary N) is 2. The van der Waals surface area contributed by atoms with E-state index in [0.717, 1.165) is 41.3 Å². The summed E-state index contributed by atoms with van der Waals surface area (Å²) in [6.45, 7) is 0. The summed E-state index contributed by atoms with van der Waals surface area (Å²) in [7, 11) is 1.22. The van der Waals surface area contributed by atoms with Gasteiger partial charge in [0, 0.05) is 30.4 Å². The molecule has 1 heterocycles. The summed E-state index contributed by atoms with van der Waals surface area (Å²) >= 11 is 0. The monoisotopic (exact) mass is 397 g/mol. The van der Waals surface area contributed by atoms with E-state index in [4.69, 9.17) is 0 Å². The summed E-state index contributed by atoms with van der Waals surface area (Å²) in [5, 5.41) is 2.42. The number of aromatic amines is 1. The van der Waals surface area contributed by atoms with Gasteiger partial charge in [-0.2, -0.15) is 13.2 Å². The number of hydrogen-bond acceptors (Lipinski definition) is 2. The Kier molecular flexibility index (Phi) is 4.80. The molecule has 2 N–H and O–H groups in total. The first kappa shape index (κ1) is 19.3. The number of benzene rings is 2. The largest absolute Gasteiger partial charge is 0.416 e. The van der Waals surface area contributed by atoms with Crippen LogP contribution in [0.3, 0.4) is 0 Å². The molecule has 0 atom stereocenters. The van der Waals surface area contributed by atoms with Crippen LogP contribution in [0.5, 0.6) is 0 Å². The van der Waals surface area contributed by atoms with Crippen LogP contribution in [0.15, 0.2) is 42.6 Å². The summed E-state index contributed by atoms with van der Waals surface area (Å²) in [5.74, 6) is -4.37. The van der Waals surface area contributed by atoms with E-state index >= 15 is 0 Å². The molecular formula is C18H12F5N3O2. The lowest BCUT2D eigenvalue weighted by molar-refractivity contribution is -0.137. The highest BCUT2D eigenvalue weighted by molar-refractivity contribution is 6.44. The number of rotatable bonds is 2. The maximum atomic E-state index is 13.4. The number of anilines is 2. The van der Waals surface area contributed by atoms with Crippen LogP contribution in [0.4, 0.5) is 33.3 Å². The number of carbonyl (C=O) groups is 2. The maximum Gasteiger partial charge on any atom is 0.416 e. The van der Waals surface area contributed by atoms with E-state index in [2.05, 4.69) is 10.3 Å². The van der Waals surface area contributed by atoms with Crippen LogP contribution in [0.25, 0.3) is 10.9 Å². The van der Waals surface area contributed by atoms with Crippen molar-refractivity contribution in [1.29, 1.82) is 0 Å². The normalized spacial score (nSPS) is 11.5. The third kappa shape index (κ3) is 3.66. The Morgan fingerprint density at radius 1 is 1.04 bits per heavy atom. The Morgan fingerprint density at radius 3 is 2.25 bits per heavy atom. The third-order valence-electron chi connectivity index (χ3n) is 4.05. The van der Waals surface area contributed by atoms with Gasteiger partial charge in [-0.15, -0.1) is 0 Å². The summed E-state index contributed by atoms with van der Waals surface area (Å²) < 4.78 is 64.4. The van der Waals surface area contributed by atoms with Crippen molar-refractivity contribution >= 4 is 34.1 Å². The molecule has 5 nitrogen and oxygen atoms in total. The first-order valence-corrected chi connectivity index (χ1v) is 7.80. The van der Waals surface area contributed by atoms with Crippen molar-refractivity contribution in [3.8, 4) is 0 Å². The highest BCUT2D eigenvalue weighted by Gasteiger charge is 2.30. The van der Waals surface area contributed by atoms with Crippen molar-refractivity contribution in [2.45, 2.75) is 6.18 Å². The zero-order valence-electron chi connectivity index (χ0n) is 14.2. The molecule has 2 amide bonds. The average molecular weight is 397 g/mol. The molecule has 28 heavy (non-hydrogen) atoms. The van der Waals surface area contributed by atoms with E-state index < -0.39 is 35.2 Å². The molecule has 0 aliphatic carbocycles. The molecular weight excluding hydrogens is 385 g/mol. The molecule has 0 radical (unpaired) electrons. The second-order valence-corrected chi connectivity index (χ2v) is 5.88. The zero-order chi connectivity index (χ0) is 20.6. The number of carbonyl (C=O) groups excluding carboxylic acids is 2. The van der Waals surface area contributed by atoms with Crippen LogP contribution in [0.1, 0.15) is 5.56 Å². The molecule has 1 aromatic heterocycles. The number of H-pyrrole nitrogens is 1. The van der Waals surface area contributed by atoms with Gasteiger partial charge in [-0.05, 0) is 30.3 Å². The number of amides is 2. The molecule has 3 aromatic rings. The quantitative estimate of drug-likeness (QED) is 0.506. The molecule has 10 heteroatoms. The lowest BCUT2D eigenvalue weighted by atomic mass is 10.2. The average Bonchev–Trinajstić information content (AvgIpc) is 3.01. The van der Waals surface area contributed by atoms with Gasteiger partial charge in [-0.3, -0.25) is 9.59 Å². The van der Waals surface area contributed by atoms with E-state index in [1.807, 2.05) is 0 Å². The summed E-state index contributed by atoms with van der Waals surface area (Å²) in [5.41, 5.74) is -0.569. The highest BCUT2D eigenvalue weighted by Crippen LogP contribution is 2.30. The minimum atomic E-state index is -4.53. The Labute approximate surface area is 154 Å². The summed E-state index contributed by atoms with van der Waals surface area (Å²) in [4.78, 5) is 27.9. The van der Waals surface area contributed by atoms with Crippen LogP contribution in [0, 0.1) is 11.6 Å². The number of fused-ring (bicyclic) bond motifs is 1. The second kappa shape index (κ2) is 6.95. The molecule has 2 aromatic carbocycles. The van der Waals surface area contributed by atoms with E-state index in [9.17, 15) is 31.5 Å².